The Balaban J connectivity index is 1.98. The van der Waals surface area contributed by atoms with Crippen molar-refractivity contribution >= 4 is 5.91 Å². The Hall–Kier alpha value is -0.780. The number of halogens is 3. The third-order valence-electron chi connectivity index (χ3n) is 4.52. The van der Waals surface area contributed by atoms with Crippen molar-refractivity contribution < 1.29 is 18.0 Å². The van der Waals surface area contributed by atoms with Gasteiger partial charge in [-0.05, 0) is 38.0 Å². The molecule has 1 saturated carbocycles. The molecule has 0 aromatic rings. The minimum Gasteiger partial charge on any atom is -0.342 e. The molecule has 2 fully saturated rings. The number of amides is 1. The average molecular weight is 292 g/mol. The van der Waals surface area contributed by atoms with Gasteiger partial charge in [-0.3, -0.25) is 4.79 Å². The molecule has 1 heterocycles. The molecule has 2 rings (SSSR count). The number of piperidine rings is 1. The first-order valence-corrected chi connectivity index (χ1v) is 7.38. The van der Waals surface area contributed by atoms with Crippen LogP contribution in [0.25, 0.3) is 0 Å². The molecule has 1 saturated heterocycles. The van der Waals surface area contributed by atoms with Gasteiger partial charge in [-0.2, -0.15) is 13.2 Å². The number of nitrogens with zero attached hydrogens (tertiary/aromatic N) is 1. The number of hydrogen-bond donors (Lipinski definition) is 1. The molecule has 4 unspecified atom stereocenters. The first-order chi connectivity index (χ1) is 9.27. The molecule has 1 aliphatic heterocycles. The fourth-order valence-corrected chi connectivity index (χ4v) is 3.56. The maximum Gasteiger partial charge on any atom is 0.393 e. The van der Waals surface area contributed by atoms with Crippen LogP contribution < -0.4 is 5.73 Å². The summed E-state index contributed by atoms with van der Waals surface area (Å²) < 4.78 is 38.4. The number of carbonyl (C=O) groups excluding carboxylic acids is 1. The van der Waals surface area contributed by atoms with E-state index in [2.05, 4.69) is 0 Å². The Labute approximate surface area is 117 Å². The molecule has 116 valence electrons. The monoisotopic (exact) mass is 292 g/mol. The summed E-state index contributed by atoms with van der Waals surface area (Å²) in [6.07, 6.45) is -1.38. The van der Waals surface area contributed by atoms with E-state index in [4.69, 9.17) is 5.73 Å². The topological polar surface area (TPSA) is 46.3 Å². The quantitative estimate of drug-likeness (QED) is 0.807. The Morgan fingerprint density at radius 1 is 1.25 bits per heavy atom. The highest BCUT2D eigenvalue weighted by atomic mass is 19.4. The van der Waals surface area contributed by atoms with Gasteiger partial charge in [-0.25, -0.2) is 0 Å². The summed E-state index contributed by atoms with van der Waals surface area (Å²) >= 11 is 0. The predicted molar refractivity (Wildman–Crippen MR) is 69.8 cm³/mol. The molecule has 0 aromatic carbocycles. The lowest BCUT2D eigenvalue weighted by Crippen LogP contribution is -2.48. The van der Waals surface area contributed by atoms with E-state index < -0.39 is 12.1 Å². The lowest BCUT2D eigenvalue weighted by molar-refractivity contribution is -0.189. The minimum atomic E-state index is -4.20. The third kappa shape index (κ3) is 3.65. The van der Waals surface area contributed by atoms with Gasteiger partial charge in [0.2, 0.25) is 5.91 Å². The van der Waals surface area contributed by atoms with E-state index >= 15 is 0 Å². The fraction of sp³-hybridized carbons (Fsp3) is 0.929. The van der Waals surface area contributed by atoms with E-state index in [1.54, 1.807) is 0 Å². The fourth-order valence-electron chi connectivity index (χ4n) is 3.56. The van der Waals surface area contributed by atoms with Gasteiger partial charge in [0.25, 0.3) is 0 Å². The molecule has 0 aromatic heterocycles. The largest absolute Gasteiger partial charge is 0.393 e. The van der Waals surface area contributed by atoms with E-state index in [1.807, 2.05) is 6.92 Å². The second-order valence-electron chi connectivity index (χ2n) is 6.43. The standard InChI is InChI=1S/C14H23F3N2O/c1-9-5-10(7-12(18)6-9)13(20)19-4-2-3-11(8-19)14(15,16)17/h9-12H,2-8,18H2,1H3. The van der Waals surface area contributed by atoms with E-state index in [1.165, 1.54) is 4.90 Å². The maximum atomic E-state index is 12.8. The minimum absolute atomic E-state index is 0.00379. The molecule has 3 nitrogen and oxygen atoms in total. The van der Waals surface area contributed by atoms with Gasteiger partial charge >= 0.3 is 6.18 Å². The van der Waals surface area contributed by atoms with Crippen LogP contribution in [0.5, 0.6) is 0 Å². The number of alkyl halides is 3. The van der Waals surface area contributed by atoms with Crippen molar-refractivity contribution in [2.75, 3.05) is 13.1 Å². The van der Waals surface area contributed by atoms with Crippen molar-refractivity contribution in [3.63, 3.8) is 0 Å². The normalized spacial score (nSPS) is 36.0. The second-order valence-corrected chi connectivity index (χ2v) is 6.43. The van der Waals surface area contributed by atoms with E-state index in [0.29, 0.717) is 25.3 Å². The van der Waals surface area contributed by atoms with Crippen LogP contribution in [0.4, 0.5) is 13.2 Å². The Morgan fingerprint density at radius 2 is 1.95 bits per heavy atom. The van der Waals surface area contributed by atoms with Gasteiger partial charge in [-0.15, -0.1) is 0 Å². The third-order valence-corrected chi connectivity index (χ3v) is 4.52. The molecule has 0 radical (unpaired) electrons. The smallest absolute Gasteiger partial charge is 0.342 e. The highest BCUT2D eigenvalue weighted by molar-refractivity contribution is 5.79. The van der Waals surface area contributed by atoms with Crippen LogP contribution in [0, 0.1) is 17.8 Å². The number of hydrogen-bond acceptors (Lipinski definition) is 2. The number of nitrogens with two attached hydrogens (primary N) is 1. The highest BCUT2D eigenvalue weighted by Gasteiger charge is 2.43. The molecule has 4 atom stereocenters. The van der Waals surface area contributed by atoms with Crippen LogP contribution in [0.3, 0.4) is 0 Å². The first-order valence-electron chi connectivity index (χ1n) is 7.38. The number of likely N-dealkylation sites (tertiary alicyclic amines) is 1. The summed E-state index contributed by atoms with van der Waals surface area (Å²) in [6, 6.07) is -0.00379. The van der Waals surface area contributed by atoms with Crippen LogP contribution in [-0.2, 0) is 4.79 Å². The zero-order valence-corrected chi connectivity index (χ0v) is 11.8. The average Bonchev–Trinajstić information content (AvgIpc) is 2.36. The van der Waals surface area contributed by atoms with Gasteiger partial charge in [0, 0.05) is 25.0 Å². The summed E-state index contributed by atoms with van der Waals surface area (Å²) in [6.45, 7) is 2.32. The maximum absolute atomic E-state index is 12.8. The number of carbonyl (C=O) groups is 1. The molecule has 1 aliphatic carbocycles. The van der Waals surface area contributed by atoms with E-state index in [9.17, 15) is 18.0 Å². The van der Waals surface area contributed by atoms with Crippen molar-refractivity contribution in [3.05, 3.63) is 0 Å². The molecular weight excluding hydrogens is 269 g/mol. The van der Waals surface area contributed by atoms with E-state index in [0.717, 1.165) is 12.8 Å². The first kappa shape index (κ1) is 15.6. The molecule has 1 amide bonds. The van der Waals surface area contributed by atoms with Crippen LogP contribution in [0.15, 0.2) is 0 Å². The van der Waals surface area contributed by atoms with Crippen LogP contribution in [-0.4, -0.2) is 36.1 Å². The Kier molecular flexibility index (Phi) is 4.62. The van der Waals surface area contributed by atoms with Crippen molar-refractivity contribution in [1.29, 1.82) is 0 Å². The Bertz CT molecular complexity index is 349. The zero-order chi connectivity index (χ0) is 14.9. The summed E-state index contributed by atoms with van der Waals surface area (Å²) in [7, 11) is 0. The number of rotatable bonds is 1. The SMILES string of the molecule is CC1CC(N)CC(C(=O)N2CCCC(C(F)(F)F)C2)C1. The molecule has 2 N–H and O–H groups in total. The van der Waals surface area contributed by atoms with Gasteiger partial charge < -0.3 is 10.6 Å². The molecule has 20 heavy (non-hydrogen) atoms. The summed E-state index contributed by atoms with van der Waals surface area (Å²) in [4.78, 5) is 13.8. The zero-order valence-electron chi connectivity index (χ0n) is 11.8. The van der Waals surface area contributed by atoms with Crippen molar-refractivity contribution in [2.45, 2.75) is 51.2 Å². The van der Waals surface area contributed by atoms with Gasteiger partial charge in [0.1, 0.15) is 0 Å². The summed E-state index contributed by atoms with van der Waals surface area (Å²) in [5.41, 5.74) is 5.93. The Morgan fingerprint density at radius 3 is 2.55 bits per heavy atom. The van der Waals surface area contributed by atoms with Gasteiger partial charge in [0.15, 0.2) is 0 Å². The lowest BCUT2D eigenvalue weighted by atomic mass is 9.79. The summed E-state index contributed by atoms with van der Waals surface area (Å²) in [5, 5.41) is 0. The molecule has 0 spiro atoms. The van der Waals surface area contributed by atoms with Crippen molar-refractivity contribution in [1.82, 2.24) is 4.90 Å². The van der Waals surface area contributed by atoms with Crippen molar-refractivity contribution in [3.8, 4) is 0 Å². The van der Waals surface area contributed by atoms with Gasteiger partial charge in [-0.1, -0.05) is 6.92 Å². The van der Waals surface area contributed by atoms with Gasteiger partial charge in [0.05, 0.1) is 5.92 Å². The van der Waals surface area contributed by atoms with E-state index in [-0.39, 0.29) is 30.8 Å². The van der Waals surface area contributed by atoms with Crippen molar-refractivity contribution in [2.24, 2.45) is 23.5 Å². The molecular formula is C14H23F3N2O. The van der Waals surface area contributed by atoms with Crippen LogP contribution in [0.1, 0.15) is 39.0 Å². The lowest BCUT2D eigenvalue weighted by Gasteiger charge is -2.38. The van der Waals surface area contributed by atoms with Crippen LogP contribution >= 0.6 is 0 Å². The highest BCUT2D eigenvalue weighted by Crippen LogP contribution is 2.35. The second kappa shape index (κ2) is 5.92. The molecule has 0 bridgehead atoms. The molecule has 2 aliphatic rings. The summed E-state index contributed by atoms with van der Waals surface area (Å²) in [5.74, 6) is -1.31. The molecule has 6 heteroatoms. The predicted octanol–water partition coefficient (Wildman–Crippen LogP) is 2.55. The van der Waals surface area contributed by atoms with Crippen LogP contribution in [0.2, 0.25) is 0 Å².